The lowest BCUT2D eigenvalue weighted by Gasteiger charge is -2.44. The molecule has 3 atom stereocenters. The predicted octanol–water partition coefficient (Wildman–Crippen LogP) is 3.50. The Bertz CT molecular complexity index is 474. The first kappa shape index (κ1) is 11.0. The lowest BCUT2D eigenvalue weighted by molar-refractivity contribution is -0.0639. The van der Waals surface area contributed by atoms with Crippen LogP contribution in [0.5, 0.6) is 0 Å². The van der Waals surface area contributed by atoms with Crippen LogP contribution in [0.15, 0.2) is 42.5 Å². The smallest absolute Gasteiger partial charge is 0.0995 e. The maximum Gasteiger partial charge on any atom is 0.0995 e. The number of hydrogen-bond donors (Lipinski definition) is 1. The molecule has 1 heteroatoms. The highest BCUT2D eigenvalue weighted by atomic mass is 16.3. The lowest BCUT2D eigenvalue weighted by Crippen LogP contribution is -2.43. The zero-order valence-electron chi connectivity index (χ0n) is 10.8. The predicted molar refractivity (Wildman–Crippen MR) is 69.5 cm³/mol. The van der Waals surface area contributed by atoms with Gasteiger partial charge in [0.2, 0.25) is 0 Å². The van der Waals surface area contributed by atoms with E-state index in [2.05, 4.69) is 45.1 Å². The fourth-order valence-corrected chi connectivity index (χ4v) is 3.80. The molecule has 0 amide bonds. The van der Waals surface area contributed by atoms with Crippen LogP contribution >= 0.6 is 0 Å². The summed E-state index contributed by atoms with van der Waals surface area (Å²) in [4.78, 5) is 0. The van der Waals surface area contributed by atoms with Crippen LogP contribution in [-0.2, 0) is 5.60 Å². The summed E-state index contributed by atoms with van der Waals surface area (Å²) in [5.41, 5.74) is 0.322. The van der Waals surface area contributed by atoms with Crippen LogP contribution in [0.1, 0.15) is 32.8 Å². The zero-order valence-corrected chi connectivity index (χ0v) is 10.8. The van der Waals surface area contributed by atoms with Gasteiger partial charge in [0.1, 0.15) is 0 Å². The van der Waals surface area contributed by atoms with Gasteiger partial charge in [-0.05, 0) is 23.3 Å². The van der Waals surface area contributed by atoms with Gasteiger partial charge in [0.15, 0.2) is 0 Å². The Morgan fingerprint density at radius 2 is 1.76 bits per heavy atom. The molecule has 90 valence electrons. The Balaban J connectivity index is 2.16. The summed E-state index contributed by atoms with van der Waals surface area (Å²) in [6.07, 6.45) is 5.36. The van der Waals surface area contributed by atoms with Gasteiger partial charge in [-0.3, -0.25) is 0 Å². The molecule has 1 aromatic carbocycles. The summed E-state index contributed by atoms with van der Waals surface area (Å²) in [7, 11) is 0. The van der Waals surface area contributed by atoms with E-state index in [4.69, 9.17) is 0 Å². The van der Waals surface area contributed by atoms with E-state index in [9.17, 15) is 5.11 Å². The number of benzene rings is 1. The SMILES string of the molecule is CC1(C)[C@H]2C=C[C@]1(C)[C@](O)(c1ccccc1)C2. The molecular weight excluding hydrogens is 208 g/mol. The number of rotatable bonds is 1. The van der Waals surface area contributed by atoms with Gasteiger partial charge in [-0.2, -0.15) is 0 Å². The molecule has 2 bridgehead atoms. The highest BCUT2D eigenvalue weighted by molar-refractivity contribution is 5.38. The van der Waals surface area contributed by atoms with Gasteiger partial charge < -0.3 is 5.11 Å². The summed E-state index contributed by atoms with van der Waals surface area (Å²) < 4.78 is 0. The Hall–Kier alpha value is -1.08. The molecule has 1 nitrogen and oxygen atoms in total. The van der Waals surface area contributed by atoms with Gasteiger partial charge in [0, 0.05) is 5.41 Å². The van der Waals surface area contributed by atoms with E-state index < -0.39 is 5.60 Å². The van der Waals surface area contributed by atoms with E-state index in [0.29, 0.717) is 5.92 Å². The van der Waals surface area contributed by atoms with Crippen LogP contribution in [0.25, 0.3) is 0 Å². The van der Waals surface area contributed by atoms with Crippen molar-refractivity contribution in [2.24, 2.45) is 16.7 Å². The minimum Gasteiger partial charge on any atom is -0.384 e. The fraction of sp³-hybridized carbons (Fsp3) is 0.500. The van der Waals surface area contributed by atoms with Crippen molar-refractivity contribution < 1.29 is 5.11 Å². The largest absolute Gasteiger partial charge is 0.384 e. The second kappa shape index (κ2) is 3.02. The summed E-state index contributed by atoms with van der Waals surface area (Å²) in [5.74, 6) is 0.484. The standard InChI is InChI=1S/C16H20O/c1-14(2)13-9-10-15(14,3)16(17,11-13)12-7-5-4-6-8-12/h4-10,13,17H,11H2,1-3H3/t13-,15-,16+/m0/s1. The average Bonchev–Trinajstić information content (AvgIpc) is 2.62. The van der Waals surface area contributed by atoms with Gasteiger partial charge in [0.25, 0.3) is 0 Å². The van der Waals surface area contributed by atoms with E-state index in [-0.39, 0.29) is 10.8 Å². The van der Waals surface area contributed by atoms with Crippen LogP contribution in [0.3, 0.4) is 0 Å². The van der Waals surface area contributed by atoms with E-state index in [1.165, 1.54) is 0 Å². The van der Waals surface area contributed by atoms with E-state index in [1.807, 2.05) is 18.2 Å². The van der Waals surface area contributed by atoms with Gasteiger partial charge in [-0.1, -0.05) is 63.3 Å². The van der Waals surface area contributed by atoms with Gasteiger partial charge in [-0.15, -0.1) is 0 Å². The second-order valence-electron chi connectivity index (χ2n) is 6.32. The van der Waals surface area contributed by atoms with Gasteiger partial charge in [0.05, 0.1) is 5.60 Å². The number of hydrogen-bond acceptors (Lipinski definition) is 1. The summed E-state index contributed by atoms with van der Waals surface area (Å²) >= 11 is 0. The number of aliphatic hydroxyl groups is 1. The van der Waals surface area contributed by atoms with Crippen molar-refractivity contribution in [1.82, 2.24) is 0 Å². The Labute approximate surface area is 103 Å². The molecule has 0 heterocycles. The molecule has 1 saturated carbocycles. The van der Waals surface area contributed by atoms with E-state index in [1.54, 1.807) is 0 Å². The van der Waals surface area contributed by atoms with Gasteiger partial charge >= 0.3 is 0 Å². The first-order valence-corrected chi connectivity index (χ1v) is 6.39. The molecule has 17 heavy (non-hydrogen) atoms. The average molecular weight is 228 g/mol. The van der Waals surface area contributed by atoms with E-state index in [0.717, 1.165) is 12.0 Å². The van der Waals surface area contributed by atoms with Crippen molar-refractivity contribution in [3.05, 3.63) is 48.0 Å². The number of allylic oxidation sites excluding steroid dienone is 1. The molecule has 0 aliphatic heterocycles. The minimum absolute atomic E-state index is 0.136. The normalized spacial score (nSPS) is 42.0. The van der Waals surface area contributed by atoms with Crippen molar-refractivity contribution in [2.75, 3.05) is 0 Å². The van der Waals surface area contributed by atoms with Crippen LogP contribution < -0.4 is 0 Å². The first-order valence-electron chi connectivity index (χ1n) is 6.39. The Morgan fingerprint density at radius 1 is 1.12 bits per heavy atom. The van der Waals surface area contributed by atoms with Crippen molar-refractivity contribution in [2.45, 2.75) is 32.8 Å². The molecular formula is C16H20O. The molecule has 0 spiro atoms. The second-order valence-corrected chi connectivity index (χ2v) is 6.32. The molecule has 1 N–H and O–H groups in total. The highest BCUT2D eigenvalue weighted by Crippen LogP contribution is 2.69. The molecule has 0 saturated heterocycles. The molecule has 2 aliphatic rings. The van der Waals surface area contributed by atoms with Gasteiger partial charge in [-0.25, -0.2) is 0 Å². The molecule has 0 radical (unpaired) electrons. The summed E-state index contributed by atoms with van der Waals surface area (Å²) in [5, 5.41) is 11.2. The van der Waals surface area contributed by atoms with Crippen molar-refractivity contribution >= 4 is 0 Å². The van der Waals surface area contributed by atoms with Crippen LogP contribution in [0.4, 0.5) is 0 Å². The molecule has 0 aromatic heterocycles. The van der Waals surface area contributed by atoms with Crippen molar-refractivity contribution in [3.8, 4) is 0 Å². The maximum absolute atomic E-state index is 11.2. The summed E-state index contributed by atoms with van der Waals surface area (Å²) in [6, 6.07) is 10.1. The molecule has 1 fully saturated rings. The third-order valence-electron chi connectivity index (χ3n) is 5.55. The molecule has 3 rings (SSSR count). The monoisotopic (exact) mass is 228 g/mol. The molecule has 0 unspecified atom stereocenters. The third kappa shape index (κ3) is 1.08. The lowest BCUT2D eigenvalue weighted by atomic mass is 9.63. The fourth-order valence-electron chi connectivity index (χ4n) is 3.80. The minimum atomic E-state index is -0.711. The Morgan fingerprint density at radius 3 is 2.24 bits per heavy atom. The maximum atomic E-state index is 11.2. The molecule has 1 aromatic rings. The van der Waals surface area contributed by atoms with Crippen LogP contribution in [-0.4, -0.2) is 5.11 Å². The van der Waals surface area contributed by atoms with Crippen LogP contribution in [0, 0.1) is 16.7 Å². The number of fused-ring (bicyclic) bond motifs is 2. The molecule has 2 aliphatic carbocycles. The van der Waals surface area contributed by atoms with Crippen molar-refractivity contribution in [1.29, 1.82) is 0 Å². The van der Waals surface area contributed by atoms with Crippen LogP contribution in [0.2, 0.25) is 0 Å². The Kier molecular flexibility index (Phi) is 1.96. The highest BCUT2D eigenvalue weighted by Gasteiger charge is 2.66. The topological polar surface area (TPSA) is 20.2 Å². The van der Waals surface area contributed by atoms with E-state index >= 15 is 0 Å². The third-order valence-corrected chi connectivity index (χ3v) is 5.55. The summed E-state index contributed by atoms with van der Waals surface area (Å²) in [6.45, 7) is 6.75. The quantitative estimate of drug-likeness (QED) is 0.729. The first-order chi connectivity index (χ1) is 7.92. The van der Waals surface area contributed by atoms with Crippen molar-refractivity contribution in [3.63, 3.8) is 0 Å². The zero-order chi connectivity index (χ0) is 12.3.